The fourth-order valence-electron chi connectivity index (χ4n) is 0. The van der Waals surface area contributed by atoms with Gasteiger partial charge in [0.05, 0.1) is 5.84 Å². The van der Waals surface area contributed by atoms with Crippen LogP contribution in [0.1, 0.15) is 20.8 Å². The van der Waals surface area contributed by atoms with E-state index in [0.29, 0.717) is 0 Å². The van der Waals surface area contributed by atoms with Crippen LogP contribution in [0.25, 0.3) is 0 Å². The molecule has 0 heterocycles. The van der Waals surface area contributed by atoms with Crippen molar-refractivity contribution in [2.24, 2.45) is 5.73 Å². The first-order chi connectivity index (χ1) is 7.02. The third kappa shape index (κ3) is 54.8. The summed E-state index contributed by atoms with van der Waals surface area (Å²) in [6, 6.07) is 0. The van der Waals surface area contributed by atoms with Gasteiger partial charge >= 0.3 is 16.5 Å². The molecular formula is C8H12N2NiO6. The maximum Gasteiger partial charge on any atom is 2.00 e. The van der Waals surface area contributed by atoms with Gasteiger partial charge in [-0.15, -0.1) is 0 Å². The number of hydrogen-bond acceptors (Lipinski definition) is 7. The second-order valence-corrected chi connectivity index (χ2v) is 2.37. The zero-order valence-electron chi connectivity index (χ0n) is 9.34. The first-order valence-electron chi connectivity index (χ1n) is 3.76. The zero-order chi connectivity index (χ0) is 13.9. The predicted octanol–water partition coefficient (Wildman–Crippen LogP) is -3.41. The van der Waals surface area contributed by atoms with Crippen molar-refractivity contribution in [2.75, 3.05) is 0 Å². The molecule has 0 unspecified atom stereocenters. The van der Waals surface area contributed by atoms with E-state index in [4.69, 9.17) is 11.1 Å². The smallest absolute Gasteiger partial charge is 0.542 e. The van der Waals surface area contributed by atoms with Gasteiger partial charge in [-0.2, -0.15) is 0 Å². The van der Waals surface area contributed by atoms with Crippen LogP contribution in [0.2, 0.25) is 0 Å². The molecule has 0 radical (unpaired) electrons. The molecule has 100 valence electrons. The number of nitrogens with two attached hydrogens (primary N) is 1. The van der Waals surface area contributed by atoms with Crippen molar-refractivity contribution in [2.45, 2.75) is 20.8 Å². The summed E-state index contributed by atoms with van der Waals surface area (Å²) in [5.74, 6) is -4.96. The van der Waals surface area contributed by atoms with E-state index in [1.165, 1.54) is 6.92 Å². The van der Waals surface area contributed by atoms with Crippen LogP contribution >= 0.6 is 0 Å². The molecule has 0 atom stereocenters. The summed E-state index contributed by atoms with van der Waals surface area (Å²) in [5, 5.41) is 24.8. The van der Waals surface area contributed by atoms with Gasteiger partial charge in [0.15, 0.2) is 11.6 Å². The molecule has 0 aromatic carbocycles. The van der Waals surface area contributed by atoms with Gasteiger partial charge in [0.25, 0.3) is 0 Å². The number of ketones is 2. The third-order valence-electron chi connectivity index (χ3n) is 0.575. The minimum atomic E-state index is -1.63. The predicted molar refractivity (Wildman–Crippen MR) is 49.0 cm³/mol. The Balaban J connectivity index is -0.0000000741. The van der Waals surface area contributed by atoms with Crippen molar-refractivity contribution >= 4 is 29.3 Å². The number of carbonyl (C=O) groups is 4. The van der Waals surface area contributed by atoms with Crippen molar-refractivity contribution in [1.82, 2.24) is 0 Å². The van der Waals surface area contributed by atoms with Gasteiger partial charge in [0.2, 0.25) is 0 Å². The SMILES string of the molecule is CC(=N)N.CC(=O)C(=O)[O-].CC(=O)C(=O)[O-].[Ni+2]. The van der Waals surface area contributed by atoms with E-state index in [0.717, 1.165) is 13.8 Å². The Kier molecular flexibility index (Phi) is 20.5. The quantitative estimate of drug-likeness (QED) is 0.231. The maximum atomic E-state index is 9.48. The summed E-state index contributed by atoms with van der Waals surface area (Å²) in [5.41, 5.74) is 4.69. The van der Waals surface area contributed by atoms with Crippen LogP contribution in [0.5, 0.6) is 0 Å². The molecule has 3 N–H and O–H groups in total. The fraction of sp³-hybridized carbons (Fsp3) is 0.375. The number of hydrogen-bond donors (Lipinski definition) is 2. The number of aliphatic carboxylic acids is 2. The molecule has 0 bridgehead atoms. The summed E-state index contributed by atoms with van der Waals surface area (Å²) in [7, 11) is 0. The Bertz CT molecular complexity index is 250. The molecule has 8 nitrogen and oxygen atoms in total. The van der Waals surface area contributed by atoms with E-state index >= 15 is 0 Å². The number of carboxylic acid groups (broad SMARTS) is 2. The molecule has 0 aliphatic heterocycles. The van der Waals surface area contributed by atoms with Crippen LogP contribution in [0, 0.1) is 5.41 Å². The average Bonchev–Trinajstić information content (AvgIpc) is 2.03. The molecule has 0 saturated heterocycles. The molecular weight excluding hydrogens is 279 g/mol. The number of rotatable bonds is 2. The van der Waals surface area contributed by atoms with E-state index in [1.807, 2.05) is 0 Å². The second kappa shape index (κ2) is 14.2. The van der Waals surface area contributed by atoms with Gasteiger partial charge in [0, 0.05) is 13.8 Å². The van der Waals surface area contributed by atoms with Gasteiger partial charge in [-0.1, -0.05) is 0 Å². The Morgan fingerprint density at radius 3 is 0.941 bits per heavy atom. The molecule has 9 heteroatoms. The largest absolute Gasteiger partial charge is 2.00 e. The average molecular weight is 291 g/mol. The van der Waals surface area contributed by atoms with Crippen molar-refractivity contribution in [3.05, 3.63) is 0 Å². The number of Topliss-reactive ketones (excluding diaryl/α,β-unsaturated/α-hetero) is 2. The Morgan fingerprint density at radius 1 is 0.882 bits per heavy atom. The molecule has 0 aromatic heterocycles. The van der Waals surface area contributed by atoms with Crippen LogP contribution in [-0.2, 0) is 35.7 Å². The van der Waals surface area contributed by atoms with E-state index in [-0.39, 0.29) is 22.3 Å². The molecule has 0 aliphatic carbocycles. The van der Waals surface area contributed by atoms with E-state index in [9.17, 15) is 29.4 Å². The zero-order valence-corrected chi connectivity index (χ0v) is 10.3. The molecule has 0 rings (SSSR count). The first-order valence-corrected chi connectivity index (χ1v) is 3.76. The van der Waals surface area contributed by atoms with Crippen molar-refractivity contribution < 1.29 is 45.9 Å². The molecule has 0 saturated carbocycles. The normalized spacial score (nSPS) is 6.76. The standard InChI is InChI=1S/2C3H4O3.C2H6N2.Ni/c2*1-2(4)3(5)6;1-2(3)4;/h2*1H3,(H,5,6);1H3,(H3,3,4);/q;;;+2/p-2. The maximum absolute atomic E-state index is 9.48. The Morgan fingerprint density at radius 2 is 0.941 bits per heavy atom. The van der Waals surface area contributed by atoms with Gasteiger partial charge in [0.1, 0.15) is 11.9 Å². The third-order valence-corrected chi connectivity index (χ3v) is 0.575. The summed E-state index contributed by atoms with van der Waals surface area (Å²) >= 11 is 0. The monoisotopic (exact) mass is 290 g/mol. The topological polar surface area (TPSA) is 164 Å². The van der Waals surface area contributed by atoms with Crippen LogP contribution in [0.3, 0.4) is 0 Å². The van der Waals surface area contributed by atoms with Gasteiger partial charge in [-0.25, -0.2) is 0 Å². The van der Waals surface area contributed by atoms with Gasteiger partial charge in [-0.05, 0) is 6.92 Å². The minimum Gasteiger partial charge on any atom is -0.542 e. The molecule has 0 fully saturated rings. The molecule has 0 aliphatic rings. The number of carbonyl (C=O) groups excluding carboxylic acids is 4. The van der Waals surface area contributed by atoms with Crippen LogP contribution < -0.4 is 15.9 Å². The number of amidine groups is 1. The van der Waals surface area contributed by atoms with E-state index < -0.39 is 23.5 Å². The van der Waals surface area contributed by atoms with E-state index in [1.54, 1.807) is 0 Å². The van der Waals surface area contributed by atoms with Crippen LogP contribution in [0.4, 0.5) is 0 Å². The number of carboxylic acids is 2. The minimum absolute atomic E-state index is 0. The van der Waals surface area contributed by atoms with Crippen molar-refractivity contribution in [3.8, 4) is 0 Å². The summed E-state index contributed by atoms with van der Waals surface area (Å²) in [6.45, 7) is 3.41. The van der Waals surface area contributed by atoms with Crippen molar-refractivity contribution in [1.29, 1.82) is 5.41 Å². The molecule has 0 amide bonds. The number of nitrogens with one attached hydrogen (secondary N) is 1. The van der Waals surface area contributed by atoms with Gasteiger partial charge in [-0.3, -0.25) is 15.0 Å². The van der Waals surface area contributed by atoms with Crippen LogP contribution in [-0.4, -0.2) is 29.3 Å². The molecule has 0 spiro atoms. The van der Waals surface area contributed by atoms with E-state index in [2.05, 4.69) is 0 Å². The Hall–Kier alpha value is -1.76. The van der Waals surface area contributed by atoms with Gasteiger partial charge < -0.3 is 25.5 Å². The molecule has 17 heavy (non-hydrogen) atoms. The van der Waals surface area contributed by atoms with Crippen LogP contribution in [0.15, 0.2) is 0 Å². The summed E-state index contributed by atoms with van der Waals surface area (Å²) in [4.78, 5) is 37.4. The summed E-state index contributed by atoms with van der Waals surface area (Å²) in [6.07, 6.45) is 0. The van der Waals surface area contributed by atoms with Crippen molar-refractivity contribution in [3.63, 3.8) is 0 Å². The second-order valence-electron chi connectivity index (χ2n) is 2.37. The Labute approximate surface area is 108 Å². The molecule has 0 aromatic rings. The first kappa shape index (κ1) is 24.5. The summed E-state index contributed by atoms with van der Waals surface area (Å²) < 4.78 is 0. The fourth-order valence-corrected chi connectivity index (χ4v) is 0.